The van der Waals surface area contributed by atoms with Crippen LogP contribution >= 0.6 is 0 Å². The minimum absolute atomic E-state index is 0.293. The topological polar surface area (TPSA) is 77.0 Å². The minimum Gasteiger partial charge on any atom is -0.481 e. The van der Waals surface area contributed by atoms with Crippen LogP contribution in [-0.4, -0.2) is 57.6 Å². The third-order valence-electron chi connectivity index (χ3n) is 3.80. The Morgan fingerprint density at radius 1 is 1.46 bits per heavy atom. The molecule has 0 aliphatic carbocycles. The van der Waals surface area contributed by atoms with Gasteiger partial charge in [-0.1, -0.05) is 6.07 Å². The predicted octanol–water partition coefficient (Wildman–Crippen LogP) is 1.34. The second kappa shape index (κ2) is 10.8. The van der Waals surface area contributed by atoms with Crippen LogP contribution in [0.1, 0.15) is 24.8 Å². The Labute approximate surface area is 143 Å². The summed E-state index contributed by atoms with van der Waals surface area (Å²) in [5.41, 5.74) is 0.989. The van der Waals surface area contributed by atoms with E-state index in [0.717, 1.165) is 50.5 Å². The molecule has 134 valence electrons. The monoisotopic (exact) mass is 336 g/mol. The highest BCUT2D eigenvalue weighted by Gasteiger charge is 2.14. The van der Waals surface area contributed by atoms with E-state index in [1.54, 1.807) is 20.4 Å². The van der Waals surface area contributed by atoms with Crippen LogP contribution in [0.4, 0.5) is 0 Å². The van der Waals surface area contributed by atoms with E-state index in [0.29, 0.717) is 25.1 Å². The average Bonchev–Trinajstić information content (AvgIpc) is 3.14. The van der Waals surface area contributed by atoms with Gasteiger partial charge in [0.2, 0.25) is 5.88 Å². The van der Waals surface area contributed by atoms with Crippen molar-refractivity contribution in [2.24, 2.45) is 4.99 Å². The minimum atomic E-state index is 0.293. The first-order chi connectivity index (χ1) is 11.8. The first-order valence-corrected chi connectivity index (χ1v) is 8.45. The molecule has 1 aromatic rings. The normalized spacial score (nSPS) is 17.8. The molecular formula is C17H28N4O3. The molecule has 0 bridgehead atoms. The van der Waals surface area contributed by atoms with E-state index >= 15 is 0 Å². The molecule has 2 rings (SSSR count). The van der Waals surface area contributed by atoms with Crippen LogP contribution in [0.15, 0.2) is 23.3 Å². The summed E-state index contributed by atoms with van der Waals surface area (Å²) in [5, 5.41) is 6.53. The molecule has 0 radical (unpaired) electrons. The number of ether oxygens (including phenoxy) is 3. The van der Waals surface area contributed by atoms with Crippen molar-refractivity contribution >= 4 is 5.96 Å². The first-order valence-electron chi connectivity index (χ1n) is 8.45. The van der Waals surface area contributed by atoms with Crippen LogP contribution in [0.2, 0.25) is 0 Å². The standard InChI is InChI=1S/C17H28N4O3/c1-18-17(21-12-14-6-3-8-19-16(14)22-2)20-9-5-10-23-13-15-7-4-11-24-15/h3,6,8,15H,4-5,7,9-13H2,1-2H3,(H2,18,20,21). The molecule has 1 aliphatic rings. The van der Waals surface area contributed by atoms with Gasteiger partial charge in [-0.15, -0.1) is 0 Å². The lowest BCUT2D eigenvalue weighted by molar-refractivity contribution is 0.0168. The first kappa shape index (κ1) is 18.5. The molecule has 7 heteroatoms. The molecule has 7 nitrogen and oxygen atoms in total. The van der Waals surface area contributed by atoms with Gasteiger partial charge in [0.25, 0.3) is 0 Å². The second-order valence-corrected chi connectivity index (χ2v) is 5.59. The lowest BCUT2D eigenvalue weighted by atomic mass is 10.2. The largest absolute Gasteiger partial charge is 0.481 e. The molecule has 0 saturated carbocycles. The molecule has 24 heavy (non-hydrogen) atoms. The van der Waals surface area contributed by atoms with Gasteiger partial charge < -0.3 is 24.8 Å². The number of hydrogen-bond donors (Lipinski definition) is 2. The lowest BCUT2D eigenvalue weighted by Crippen LogP contribution is -2.37. The molecule has 1 unspecified atom stereocenters. The molecule has 2 N–H and O–H groups in total. The van der Waals surface area contributed by atoms with E-state index in [1.807, 2.05) is 12.1 Å². The highest BCUT2D eigenvalue weighted by Crippen LogP contribution is 2.13. The van der Waals surface area contributed by atoms with Gasteiger partial charge in [0.05, 0.1) is 19.8 Å². The quantitative estimate of drug-likeness (QED) is 0.403. The van der Waals surface area contributed by atoms with Gasteiger partial charge in [0, 0.05) is 45.1 Å². The number of rotatable bonds is 9. The number of aliphatic imine (C=N–C) groups is 1. The summed E-state index contributed by atoms with van der Waals surface area (Å²) in [7, 11) is 3.37. The fourth-order valence-electron chi connectivity index (χ4n) is 2.51. The summed E-state index contributed by atoms with van der Waals surface area (Å²) in [6.07, 6.45) is 5.20. The van der Waals surface area contributed by atoms with Crippen molar-refractivity contribution in [2.75, 3.05) is 40.5 Å². The molecule has 1 fully saturated rings. The molecule has 0 aromatic carbocycles. The zero-order chi connectivity index (χ0) is 17.0. The van der Waals surface area contributed by atoms with Crippen LogP contribution in [0, 0.1) is 0 Å². The van der Waals surface area contributed by atoms with Crippen molar-refractivity contribution in [1.29, 1.82) is 0 Å². The van der Waals surface area contributed by atoms with Gasteiger partial charge in [0.15, 0.2) is 5.96 Å². The SMILES string of the molecule is CN=C(NCCCOCC1CCCO1)NCc1cccnc1OC. The summed E-state index contributed by atoms with van der Waals surface area (Å²) >= 11 is 0. The van der Waals surface area contributed by atoms with Crippen molar-refractivity contribution in [3.63, 3.8) is 0 Å². The average molecular weight is 336 g/mol. The molecule has 2 heterocycles. The Morgan fingerprint density at radius 2 is 2.38 bits per heavy atom. The number of nitrogens with one attached hydrogen (secondary N) is 2. The third kappa shape index (κ3) is 6.33. The summed E-state index contributed by atoms with van der Waals surface area (Å²) < 4.78 is 16.4. The number of guanidine groups is 1. The van der Waals surface area contributed by atoms with Crippen molar-refractivity contribution in [1.82, 2.24) is 15.6 Å². The summed E-state index contributed by atoms with van der Waals surface area (Å²) in [6, 6.07) is 3.87. The van der Waals surface area contributed by atoms with Crippen LogP contribution in [-0.2, 0) is 16.0 Å². The maximum Gasteiger partial charge on any atom is 0.218 e. The Hall–Kier alpha value is -1.86. The van der Waals surface area contributed by atoms with Crippen LogP contribution in [0.5, 0.6) is 5.88 Å². The van der Waals surface area contributed by atoms with E-state index in [-0.39, 0.29) is 0 Å². The van der Waals surface area contributed by atoms with Crippen molar-refractivity contribution in [3.05, 3.63) is 23.9 Å². The van der Waals surface area contributed by atoms with Gasteiger partial charge in [-0.25, -0.2) is 4.98 Å². The lowest BCUT2D eigenvalue weighted by Gasteiger charge is -2.13. The number of nitrogens with zero attached hydrogens (tertiary/aromatic N) is 2. The molecule has 0 amide bonds. The molecule has 0 spiro atoms. The summed E-state index contributed by atoms with van der Waals surface area (Å²) in [5.74, 6) is 1.38. The number of pyridine rings is 1. The Morgan fingerprint density at radius 3 is 3.12 bits per heavy atom. The zero-order valence-corrected chi connectivity index (χ0v) is 14.6. The van der Waals surface area contributed by atoms with Gasteiger partial charge in [-0.3, -0.25) is 4.99 Å². The van der Waals surface area contributed by atoms with Crippen LogP contribution in [0.25, 0.3) is 0 Å². The fourth-order valence-corrected chi connectivity index (χ4v) is 2.51. The predicted molar refractivity (Wildman–Crippen MR) is 93.4 cm³/mol. The molecular weight excluding hydrogens is 308 g/mol. The zero-order valence-electron chi connectivity index (χ0n) is 14.6. The van der Waals surface area contributed by atoms with E-state index in [2.05, 4.69) is 20.6 Å². The summed E-state index contributed by atoms with van der Waals surface area (Å²) in [6.45, 7) is 3.70. The van der Waals surface area contributed by atoms with E-state index < -0.39 is 0 Å². The Bertz CT molecular complexity index is 504. The molecule has 1 aliphatic heterocycles. The van der Waals surface area contributed by atoms with Gasteiger partial charge in [-0.05, 0) is 25.3 Å². The molecule has 1 saturated heterocycles. The van der Waals surface area contributed by atoms with Crippen molar-refractivity contribution in [2.45, 2.75) is 31.9 Å². The third-order valence-corrected chi connectivity index (χ3v) is 3.80. The highest BCUT2D eigenvalue weighted by atomic mass is 16.5. The molecule has 1 aromatic heterocycles. The Balaban J connectivity index is 1.58. The number of hydrogen-bond acceptors (Lipinski definition) is 5. The number of aromatic nitrogens is 1. The smallest absolute Gasteiger partial charge is 0.218 e. The molecule has 1 atom stereocenters. The Kier molecular flexibility index (Phi) is 8.34. The summed E-state index contributed by atoms with van der Waals surface area (Å²) in [4.78, 5) is 8.39. The highest BCUT2D eigenvalue weighted by molar-refractivity contribution is 5.79. The fraction of sp³-hybridized carbons (Fsp3) is 0.647. The maximum atomic E-state index is 5.64. The van der Waals surface area contributed by atoms with Crippen molar-refractivity contribution < 1.29 is 14.2 Å². The van der Waals surface area contributed by atoms with Gasteiger partial charge in [0.1, 0.15) is 0 Å². The second-order valence-electron chi connectivity index (χ2n) is 5.59. The van der Waals surface area contributed by atoms with E-state index in [4.69, 9.17) is 14.2 Å². The van der Waals surface area contributed by atoms with Gasteiger partial charge >= 0.3 is 0 Å². The van der Waals surface area contributed by atoms with Crippen LogP contribution < -0.4 is 15.4 Å². The maximum absolute atomic E-state index is 5.64. The van der Waals surface area contributed by atoms with E-state index in [9.17, 15) is 0 Å². The van der Waals surface area contributed by atoms with Crippen LogP contribution in [0.3, 0.4) is 0 Å². The number of methoxy groups -OCH3 is 1. The van der Waals surface area contributed by atoms with Crippen molar-refractivity contribution in [3.8, 4) is 5.88 Å². The van der Waals surface area contributed by atoms with E-state index in [1.165, 1.54) is 0 Å². The van der Waals surface area contributed by atoms with Gasteiger partial charge in [-0.2, -0.15) is 0 Å².